The second kappa shape index (κ2) is 12.8. The van der Waals surface area contributed by atoms with Crippen molar-refractivity contribution in [2.45, 2.75) is 87.3 Å². The van der Waals surface area contributed by atoms with Crippen LogP contribution < -0.4 is 5.32 Å². The summed E-state index contributed by atoms with van der Waals surface area (Å²) in [7, 11) is 0. The third kappa shape index (κ3) is 7.72. The maximum Gasteiger partial charge on any atom is 0.416 e. The molecule has 1 saturated heterocycles. The first-order chi connectivity index (χ1) is 21.2. The van der Waals surface area contributed by atoms with Gasteiger partial charge in [0.1, 0.15) is 0 Å². The Kier molecular flexibility index (Phi) is 9.38. The molecule has 0 spiro atoms. The Labute approximate surface area is 259 Å². The molecule has 1 aliphatic heterocycles. The molecule has 5 rings (SSSR count). The highest BCUT2D eigenvalue weighted by Crippen LogP contribution is 2.42. The van der Waals surface area contributed by atoms with Crippen LogP contribution in [0.5, 0.6) is 0 Å². The minimum atomic E-state index is -5.00. The number of benzene rings is 3. The molecule has 3 aromatic rings. The fourth-order valence-electron chi connectivity index (χ4n) is 6.89. The molecule has 2 aliphatic rings. The van der Waals surface area contributed by atoms with Gasteiger partial charge in [-0.2, -0.15) is 26.3 Å². The van der Waals surface area contributed by atoms with Crippen LogP contribution in [-0.2, 0) is 29.1 Å². The van der Waals surface area contributed by atoms with Crippen LogP contribution in [0, 0.1) is 0 Å². The van der Waals surface area contributed by atoms with E-state index in [9.17, 15) is 36.2 Å². The van der Waals surface area contributed by atoms with Crippen molar-refractivity contribution in [3.8, 4) is 0 Å². The molecule has 2 fully saturated rings. The molecule has 45 heavy (non-hydrogen) atoms. The fraction of sp³-hybridized carbons (Fsp3) is 0.457. The van der Waals surface area contributed by atoms with Crippen LogP contribution in [-0.4, -0.2) is 40.6 Å². The van der Waals surface area contributed by atoms with E-state index >= 15 is 0 Å². The Morgan fingerprint density at radius 2 is 1.36 bits per heavy atom. The lowest BCUT2D eigenvalue weighted by Gasteiger charge is -2.47. The van der Waals surface area contributed by atoms with E-state index in [0.717, 1.165) is 37.1 Å². The smallest absolute Gasteiger partial charge is 0.389 e. The SMILES string of the molecule is CC(C(=O)N[C@]1(c2ccccc2)CC[C@H](N2CCC(O)(Cc3ccccc3)CC2)CC1)c1cc(C(F)(F)F)cc(C(F)(F)F)c1. The van der Waals surface area contributed by atoms with Crippen LogP contribution in [0.3, 0.4) is 0 Å². The number of alkyl halides is 6. The van der Waals surface area contributed by atoms with E-state index < -0.39 is 46.4 Å². The van der Waals surface area contributed by atoms with Crippen LogP contribution in [0.15, 0.2) is 78.9 Å². The van der Waals surface area contributed by atoms with Crippen molar-refractivity contribution in [3.63, 3.8) is 0 Å². The first kappa shape index (κ1) is 33.0. The number of carbonyl (C=O) groups excluding carboxylic acids is 1. The zero-order valence-corrected chi connectivity index (χ0v) is 25.1. The summed E-state index contributed by atoms with van der Waals surface area (Å²) < 4.78 is 81.0. The lowest BCUT2D eigenvalue weighted by Crippen LogP contribution is -2.54. The summed E-state index contributed by atoms with van der Waals surface area (Å²) >= 11 is 0. The van der Waals surface area contributed by atoms with Crippen LogP contribution >= 0.6 is 0 Å². The molecule has 2 N–H and O–H groups in total. The molecule has 1 heterocycles. The van der Waals surface area contributed by atoms with Gasteiger partial charge in [-0.3, -0.25) is 4.79 Å². The number of hydrogen-bond acceptors (Lipinski definition) is 3. The predicted molar refractivity (Wildman–Crippen MR) is 159 cm³/mol. The van der Waals surface area contributed by atoms with E-state index in [1.807, 2.05) is 60.7 Å². The van der Waals surface area contributed by atoms with Crippen LogP contribution in [0.4, 0.5) is 26.3 Å². The Balaban J connectivity index is 1.30. The fourth-order valence-corrected chi connectivity index (χ4v) is 6.89. The molecule has 4 nitrogen and oxygen atoms in total. The van der Waals surface area contributed by atoms with Gasteiger partial charge in [0.25, 0.3) is 0 Å². The van der Waals surface area contributed by atoms with E-state index in [1.54, 1.807) is 0 Å². The number of carbonyl (C=O) groups is 1. The second-order valence-electron chi connectivity index (χ2n) is 12.7. The van der Waals surface area contributed by atoms with Crippen molar-refractivity contribution in [1.82, 2.24) is 10.2 Å². The third-order valence-electron chi connectivity index (χ3n) is 9.62. The van der Waals surface area contributed by atoms with Crippen molar-refractivity contribution in [1.29, 1.82) is 0 Å². The Hall–Kier alpha value is -3.37. The lowest BCUT2D eigenvalue weighted by molar-refractivity contribution is -0.143. The lowest BCUT2D eigenvalue weighted by atomic mass is 9.73. The molecular weight excluding hydrogens is 594 g/mol. The number of likely N-dealkylation sites (tertiary alicyclic amines) is 1. The van der Waals surface area contributed by atoms with Gasteiger partial charge >= 0.3 is 12.4 Å². The van der Waals surface area contributed by atoms with Gasteiger partial charge in [-0.25, -0.2) is 0 Å². The number of nitrogens with zero attached hydrogens (tertiary/aromatic N) is 1. The largest absolute Gasteiger partial charge is 0.416 e. The summed E-state index contributed by atoms with van der Waals surface area (Å²) in [6.45, 7) is 2.82. The van der Waals surface area contributed by atoms with Crippen LogP contribution in [0.25, 0.3) is 0 Å². The number of amides is 1. The molecule has 0 radical (unpaired) electrons. The molecule has 1 unspecified atom stereocenters. The van der Waals surface area contributed by atoms with Gasteiger partial charge in [-0.15, -0.1) is 0 Å². The van der Waals surface area contributed by atoms with Crippen LogP contribution in [0.2, 0.25) is 0 Å². The molecule has 1 amide bonds. The first-order valence-corrected chi connectivity index (χ1v) is 15.3. The average Bonchev–Trinajstić information content (AvgIpc) is 3.01. The molecular formula is C35H38F6N2O2. The standard InChI is InChI=1S/C35H38F6N2O2/c1-24(26-20-28(34(36,37)38)22-29(21-26)35(39,40)41)31(44)42-33(27-10-6-3-7-11-27)14-12-30(13-15-33)43-18-16-32(45,17-19-43)23-25-8-4-2-5-9-25/h2-11,20-22,24,30,45H,12-19,23H2,1H3,(H,42,44)/t24?,30-,33+. The van der Waals surface area contributed by atoms with Crippen molar-refractivity contribution in [2.24, 2.45) is 0 Å². The molecule has 10 heteroatoms. The van der Waals surface area contributed by atoms with Gasteiger partial charge < -0.3 is 15.3 Å². The summed E-state index contributed by atoms with van der Waals surface area (Å²) in [4.78, 5) is 16.0. The average molecular weight is 633 g/mol. The number of hydrogen-bond donors (Lipinski definition) is 2. The number of aliphatic hydroxyl groups is 1. The normalized spacial score (nSPS) is 23.3. The van der Waals surface area contributed by atoms with Crippen LogP contribution in [0.1, 0.15) is 79.2 Å². The van der Waals surface area contributed by atoms with E-state index in [1.165, 1.54) is 6.92 Å². The quantitative estimate of drug-likeness (QED) is 0.261. The van der Waals surface area contributed by atoms with Crippen molar-refractivity contribution in [3.05, 3.63) is 107 Å². The number of nitrogens with one attached hydrogen (secondary N) is 1. The Morgan fingerprint density at radius 3 is 1.87 bits per heavy atom. The van der Waals surface area contributed by atoms with E-state index in [0.29, 0.717) is 44.2 Å². The molecule has 0 aromatic heterocycles. The van der Waals surface area contributed by atoms with Gasteiger partial charge in [0, 0.05) is 25.6 Å². The van der Waals surface area contributed by atoms with Gasteiger partial charge in [0.05, 0.1) is 28.2 Å². The predicted octanol–water partition coefficient (Wildman–Crippen LogP) is 7.85. The maximum absolute atomic E-state index is 13.6. The molecule has 0 bridgehead atoms. The Morgan fingerprint density at radius 1 is 0.844 bits per heavy atom. The van der Waals surface area contributed by atoms with E-state index in [4.69, 9.17) is 0 Å². The summed E-state index contributed by atoms with van der Waals surface area (Å²) in [5.41, 5.74) is -2.86. The van der Waals surface area contributed by atoms with E-state index in [-0.39, 0.29) is 17.7 Å². The summed E-state index contributed by atoms with van der Waals surface area (Å²) in [5.74, 6) is -1.88. The molecule has 1 saturated carbocycles. The zero-order valence-electron chi connectivity index (χ0n) is 25.1. The van der Waals surface area contributed by atoms with Gasteiger partial charge in [-0.1, -0.05) is 60.7 Å². The number of halogens is 6. The monoisotopic (exact) mass is 632 g/mol. The second-order valence-corrected chi connectivity index (χ2v) is 12.7. The summed E-state index contributed by atoms with van der Waals surface area (Å²) in [5, 5.41) is 14.3. The van der Waals surface area contributed by atoms with Gasteiger partial charge in [0.2, 0.25) is 5.91 Å². The topological polar surface area (TPSA) is 52.6 Å². The van der Waals surface area contributed by atoms with Crippen molar-refractivity contribution < 1.29 is 36.2 Å². The number of rotatable bonds is 7. The minimum Gasteiger partial charge on any atom is -0.389 e. The molecule has 1 atom stereocenters. The minimum absolute atomic E-state index is 0.0734. The van der Waals surface area contributed by atoms with Gasteiger partial charge in [0.15, 0.2) is 0 Å². The molecule has 3 aromatic carbocycles. The zero-order chi connectivity index (χ0) is 32.5. The summed E-state index contributed by atoms with van der Waals surface area (Å²) in [6, 6.07) is 20.8. The number of piperidine rings is 1. The summed E-state index contributed by atoms with van der Waals surface area (Å²) in [6.07, 6.45) is -5.51. The van der Waals surface area contributed by atoms with Crippen molar-refractivity contribution >= 4 is 5.91 Å². The first-order valence-electron chi connectivity index (χ1n) is 15.3. The molecule has 1 aliphatic carbocycles. The highest BCUT2D eigenvalue weighted by molar-refractivity contribution is 5.84. The maximum atomic E-state index is 13.6. The van der Waals surface area contributed by atoms with Gasteiger partial charge in [-0.05, 0) is 80.3 Å². The van der Waals surface area contributed by atoms with E-state index in [2.05, 4.69) is 10.2 Å². The highest BCUT2D eigenvalue weighted by atomic mass is 19.4. The molecule has 242 valence electrons. The van der Waals surface area contributed by atoms with Crippen molar-refractivity contribution in [2.75, 3.05) is 13.1 Å². The Bertz CT molecular complexity index is 1410. The highest BCUT2D eigenvalue weighted by Gasteiger charge is 2.43. The third-order valence-corrected chi connectivity index (χ3v) is 9.62.